The first kappa shape index (κ1) is 14.9. The van der Waals surface area contributed by atoms with Gasteiger partial charge in [0.2, 0.25) is 0 Å². The number of aliphatic hydroxyl groups is 1. The summed E-state index contributed by atoms with van der Waals surface area (Å²) in [7, 11) is 6.52. The molecule has 0 aliphatic carbocycles. The molecule has 1 aliphatic rings. The molecule has 0 saturated carbocycles. The minimum absolute atomic E-state index is 0.312. The molecule has 1 rings (SSSR count). The molecule has 1 heterocycles. The second-order valence-electron chi connectivity index (χ2n) is 6.19. The Kier molecular flexibility index (Phi) is 5.90. The van der Waals surface area contributed by atoms with Gasteiger partial charge in [0.15, 0.2) is 0 Å². The van der Waals surface area contributed by atoms with Gasteiger partial charge in [-0.3, -0.25) is 0 Å². The van der Waals surface area contributed by atoms with Crippen molar-refractivity contribution in [1.82, 2.24) is 9.80 Å². The van der Waals surface area contributed by atoms with Gasteiger partial charge in [0, 0.05) is 18.6 Å². The zero-order valence-corrected chi connectivity index (χ0v) is 12.2. The Morgan fingerprint density at radius 2 is 1.76 bits per heavy atom. The molecule has 0 amide bonds. The van der Waals surface area contributed by atoms with Crippen LogP contribution in [0.4, 0.5) is 0 Å². The predicted octanol–water partition coefficient (Wildman–Crippen LogP) is 1.52. The van der Waals surface area contributed by atoms with E-state index in [0.717, 1.165) is 5.92 Å². The first-order chi connectivity index (χ1) is 7.97. The quantitative estimate of drug-likeness (QED) is 0.792. The van der Waals surface area contributed by atoms with E-state index in [1.54, 1.807) is 0 Å². The summed E-state index contributed by atoms with van der Waals surface area (Å²) in [5.74, 6) is 1.69. The van der Waals surface area contributed by atoms with Crippen molar-refractivity contribution in [3.05, 3.63) is 0 Å². The predicted molar refractivity (Wildman–Crippen MR) is 73.1 cm³/mol. The van der Waals surface area contributed by atoms with Crippen LogP contribution < -0.4 is 0 Å². The van der Waals surface area contributed by atoms with Crippen LogP contribution >= 0.6 is 0 Å². The van der Waals surface area contributed by atoms with Crippen molar-refractivity contribution in [3.8, 4) is 0 Å². The Bertz CT molecular complexity index is 210. The molecule has 1 saturated heterocycles. The summed E-state index contributed by atoms with van der Waals surface area (Å²) >= 11 is 0. The lowest BCUT2D eigenvalue weighted by atomic mass is 9.77. The maximum atomic E-state index is 9.66. The van der Waals surface area contributed by atoms with E-state index in [1.807, 2.05) is 0 Å². The van der Waals surface area contributed by atoms with E-state index in [2.05, 4.69) is 44.8 Å². The highest BCUT2D eigenvalue weighted by Gasteiger charge is 2.34. The van der Waals surface area contributed by atoms with Gasteiger partial charge in [-0.1, -0.05) is 13.8 Å². The zero-order chi connectivity index (χ0) is 13.0. The third-order valence-electron chi connectivity index (χ3n) is 4.35. The number of likely N-dealkylation sites (tertiary alicyclic amines) is 1. The highest BCUT2D eigenvalue weighted by molar-refractivity contribution is 4.87. The van der Waals surface area contributed by atoms with E-state index in [0.29, 0.717) is 24.5 Å². The second kappa shape index (κ2) is 6.72. The van der Waals surface area contributed by atoms with Crippen molar-refractivity contribution in [2.45, 2.75) is 32.7 Å². The molecule has 1 aliphatic heterocycles. The molecular formula is C14H30N2O. The molecule has 3 nitrogen and oxygen atoms in total. The first-order valence-electron chi connectivity index (χ1n) is 6.93. The molecule has 0 aromatic rings. The lowest BCUT2D eigenvalue weighted by molar-refractivity contribution is 0.0395. The zero-order valence-electron chi connectivity index (χ0n) is 12.2. The van der Waals surface area contributed by atoms with Gasteiger partial charge < -0.3 is 14.9 Å². The molecule has 0 aromatic carbocycles. The van der Waals surface area contributed by atoms with Crippen LogP contribution in [0.1, 0.15) is 26.7 Å². The van der Waals surface area contributed by atoms with Crippen LogP contribution in [0.25, 0.3) is 0 Å². The summed E-state index contributed by atoms with van der Waals surface area (Å²) in [5, 5.41) is 9.66. The fourth-order valence-corrected chi connectivity index (χ4v) is 3.24. The standard InChI is InChI=1S/C14H30N2O/c1-11(2)13(10-17)14(15(3)4)12-6-8-16(5)9-7-12/h11-14,17H,6-10H2,1-5H3. The van der Waals surface area contributed by atoms with Crippen LogP contribution in [0, 0.1) is 17.8 Å². The normalized spacial score (nSPS) is 23.3. The Morgan fingerprint density at radius 3 is 2.12 bits per heavy atom. The fraction of sp³-hybridized carbons (Fsp3) is 1.00. The molecule has 1 fully saturated rings. The summed E-state index contributed by atoms with van der Waals surface area (Å²) in [4.78, 5) is 4.74. The maximum absolute atomic E-state index is 9.66. The number of hydrogen-bond acceptors (Lipinski definition) is 3. The highest BCUT2D eigenvalue weighted by Crippen LogP contribution is 2.30. The van der Waals surface area contributed by atoms with Crippen molar-refractivity contribution < 1.29 is 5.11 Å². The summed E-state index contributed by atoms with van der Waals surface area (Å²) in [6, 6.07) is 0.522. The largest absolute Gasteiger partial charge is 0.396 e. The molecule has 0 radical (unpaired) electrons. The number of nitrogens with zero attached hydrogens (tertiary/aromatic N) is 2. The molecule has 102 valence electrons. The maximum Gasteiger partial charge on any atom is 0.0476 e. The minimum Gasteiger partial charge on any atom is -0.396 e. The molecular weight excluding hydrogens is 212 g/mol. The van der Waals surface area contributed by atoms with Crippen LogP contribution in [0.2, 0.25) is 0 Å². The van der Waals surface area contributed by atoms with Gasteiger partial charge in [0.25, 0.3) is 0 Å². The Morgan fingerprint density at radius 1 is 1.24 bits per heavy atom. The number of hydrogen-bond donors (Lipinski definition) is 1. The first-order valence-corrected chi connectivity index (χ1v) is 6.93. The smallest absolute Gasteiger partial charge is 0.0476 e. The van der Waals surface area contributed by atoms with Crippen molar-refractivity contribution >= 4 is 0 Å². The van der Waals surface area contributed by atoms with Crippen LogP contribution in [-0.2, 0) is 0 Å². The SMILES string of the molecule is CC(C)C(CO)C(C1CCN(C)CC1)N(C)C. The van der Waals surface area contributed by atoms with E-state index in [4.69, 9.17) is 0 Å². The van der Waals surface area contributed by atoms with Crippen molar-refractivity contribution in [2.75, 3.05) is 40.8 Å². The number of piperidine rings is 1. The third-order valence-corrected chi connectivity index (χ3v) is 4.35. The third kappa shape index (κ3) is 3.94. The summed E-state index contributed by atoms with van der Waals surface area (Å²) < 4.78 is 0. The van der Waals surface area contributed by atoms with E-state index in [-0.39, 0.29) is 0 Å². The van der Waals surface area contributed by atoms with E-state index in [1.165, 1.54) is 25.9 Å². The molecule has 17 heavy (non-hydrogen) atoms. The fourth-order valence-electron chi connectivity index (χ4n) is 3.24. The Balaban J connectivity index is 2.71. The molecule has 0 aromatic heterocycles. The molecule has 1 N–H and O–H groups in total. The van der Waals surface area contributed by atoms with Crippen molar-refractivity contribution in [2.24, 2.45) is 17.8 Å². The van der Waals surface area contributed by atoms with Crippen LogP contribution in [0.5, 0.6) is 0 Å². The molecule has 2 atom stereocenters. The highest BCUT2D eigenvalue weighted by atomic mass is 16.3. The minimum atomic E-state index is 0.312. The summed E-state index contributed by atoms with van der Waals surface area (Å²) in [6.45, 7) is 7.17. The molecule has 0 bridgehead atoms. The second-order valence-corrected chi connectivity index (χ2v) is 6.19. The average Bonchev–Trinajstić information content (AvgIpc) is 2.26. The molecule has 3 heteroatoms. The number of rotatable bonds is 5. The Hall–Kier alpha value is -0.120. The lowest BCUT2D eigenvalue weighted by Crippen LogP contribution is -2.48. The monoisotopic (exact) mass is 242 g/mol. The van der Waals surface area contributed by atoms with Gasteiger partial charge in [-0.25, -0.2) is 0 Å². The topological polar surface area (TPSA) is 26.7 Å². The van der Waals surface area contributed by atoms with E-state index >= 15 is 0 Å². The van der Waals surface area contributed by atoms with Gasteiger partial charge in [-0.2, -0.15) is 0 Å². The number of aliphatic hydroxyl groups excluding tert-OH is 1. The van der Waals surface area contributed by atoms with Crippen LogP contribution in [0.15, 0.2) is 0 Å². The van der Waals surface area contributed by atoms with Gasteiger partial charge in [-0.15, -0.1) is 0 Å². The molecule has 0 spiro atoms. The van der Waals surface area contributed by atoms with Crippen LogP contribution in [-0.4, -0.2) is 61.8 Å². The lowest BCUT2D eigenvalue weighted by Gasteiger charge is -2.42. The van der Waals surface area contributed by atoms with Crippen molar-refractivity contribution in [1.29, 1.82) is 0 Å². The van der Waals surface area contributed by atoms with E-state index < -0.39 is 0 Å². The summed E-state index contributed by atoms with van der Waals surface area (Å²) in [6.07, 6.45) is 2.53. The van der Waals surface area contributed by atoms with Gasteiger partial charge in [0.05, 0.1) is 0 Å². The van der Waals surface area contributed by atoms with Crippen LogP contribution in [0.3, 0.4) is 0 Å². The van der Waals surface area contributed by atoms with Gasteiger partial charge in [-0.05, 0) is 58.9 Å². The van der Waals surface area contributed by atoms with Crippen molar-refractivity contribution in [3.63, 3.8) is 0 Å². The summed E-state index contributed by atoms with van der Waals surface area (Å²) in [5.41, 5.74) is 0. The average molecular weight is 242 g/mol. The van der Waals surface area contributed by atoms with Gasteiger partial charge in [0.1, 0.15) is 0 Å². The van der Waals surface area contributed by atoms with E-state index in [9.17, 15) is 5.11 Å². The molecule has 2 unspecified atom stereocenters. The van der Waals surface area contributed by atoms with Gasteiger partial charge >= 0.3 is 0 Å². The Labute approximate surface area is 107 Å².